The van der Waals surface area contributed by atoms with Crippen LogP contribution in [0.3, 0.4) is 0 Å². The average Bonchev–Trinajstić information content (AvgIpc) is 3.06. The first kappa shape index (κ1) is 18.6. The third-order valence-corrected chi connectivity index (χ3v) is 4.73. The van der Waals surface area contributed by atoms with E-state index < -0.39 is 6.10 Å². The van der Waals surface area contributed by atoms with Gasteiger partial charge in [0.2, 0.25) is 0 Å². The number of thiazole rings is 1. The third kappa shape index (κ3) is 4.52. The fourth-order valence-electron chi connectivity index (χ4n) is 2.11. The lowest BCUT2D eigenvalue weighted by atomic mass is 10.2. The van der Waals surface area contributed by atoms with Crippen LogP contribution in [0, 0.1) is 5.82 Å². The van der Waals surface area contributed by atoms with Crippen molar-refractivity contribution in [2.24, 2.45) is 0 Å². The lowest BCUT2D eigenvalue weighted by molar-refractivity contribution is -0.122. The zero-order valence-corrected chi connectivity index (χ0v) is 15.8. The molecule has 1 amide bonds. The molecule has 0 aliphatic heterocycles. The zero-order chi connectivity index (χ0) is 18.7. The van der Waals surface area contributed by atoms with Gasteiger partial charge in [0, 0.05) is 16.0 Å². The Morgan fingerprint density at radius 3 is 2.65 bits per heavy atom. The summed E-state index contributed by atoms with van der Waals surface area (Å²) in [6, 6.07) is 10.7. The molecule has 0 aliphatic carbocycles. The lowest BCUT2D eigenvalue weighted by Gasteiger charge is -2.14. The van der Waals surface area contributed by atoms with E-state index in [4.69, 9.17) is 27.9 Å². The van der Waals surface area contributed by atoms with Gasteiger partial charge in [0.1, 0.15) is 11.6 Å². The van der Waals surface area contributed by atoms with Crippen molar-refractivity contribution in [3.63, 3.8) is 0 Å². The van der Waals surface area contributed by atoms with Gasteiger partial charge < -0.3 is 4.74 Å². The molecule has 1 unspecified atom stereocenters. The summed E-state index contributed by atoms with van der Waals surface area (Å²) >= 11 is 13.2. The van der Waals surface area contributed by atoms with E-state index in [2.05, 4.69) is 10.3 Å². The molecule has 0 bridgehead atoms. The number of anilines is 1. The van der Waals surface area contributed by atoms with E-state index in [1.54, 1.807) is 42.6 Å². The Labute approximate surface area is 163 Å². The Morgan fingerprint density at radius 1 is 1.23 bits per heavy atom. The molecule has 3 aromatic rings. The number of hydrogen-bond acceptors (Lipinski definition) is 4. The highest BCUT2D eigenvalue weighted by Gasteiger charge is 2.18. The standard InChI is InChI=1S/C18H13Cl2FN2O2S/c1-10(25-16-7-4-12(19)8-14(16)20)17(24)23-18-22-15(9-26-18)11-2-5-13(21)6-3-11/h2-10H,1H3,(H,22,23,24). The quantitative estimate of drug-likeness (QED) is 0.589. The minimum Gasteiger partial charge on any atom is -0.479 e. The Kier molecular flexibility index (Phi) is 5.76. The summed E-state index contributed by atoms with van der Waals surface area (Å²) in [7, 11) is 0. The lowest BCUT2D eigenvalue weighted by Crippen LogP contribution is -2.30. The average molecular weight is 411 g/mol. The number of nitrogens with zero attached hydrogens (tertiary/aromatic N) is 1. The number of nitrogens with one attached hydrogen (secondary N) is 1. The number of carbonyl (C=O) groups excluding carboxylic acids is 1. The van der Waals surface area contributed by atoms with Gasteiger partial charge in [0.05, 0.1) is 10.7 Å². The summed E-state index contributed by atoms with van der Waals surface area (Å²) in [5, 5.41) is 5.71. The van der Waals surface area contributed by atoms with Crippen molar-refractivity contribution in [3.05, 3.63) is 63.7 Å². The minimum absolute atomic E-state index is 0.315. The summed E-state index contributed by atoms with van der Waals surface area (Å²) in [4.78, 5) is 16.6. The number of carbonyl (C=O) groups is 1. The predicted octanol–water partition coefficient (Wildman–Crippen LogP) is 5.66. The monoisotopic (exact) mass is 410 g/mol. The highest BCUT2D eigenvalue weighted by molar-refractivity contribution is 7.14. The van der Waals surface area contributed by atoms with Gasteiger partial charge in [-0.05, 0) is 49.4 Å². The predicted molar refractivity (Wildman–Crippen MR) is 103 cm³/mol. The molecular weight excluding hydrogens is 398 g/mol. The summed E-state index contributed by atoms with van der Waals surface area (Å²) in [5.74, 6) is -0.315. The van der Waals surface area contributed by atoms with Crippen LogP contribution in [0.25, 0.3) is 11.3 Å². The van der Waals surface area contributed by atoms with Gasteiger partial charge >= 0.3 is 0 Å². The Balaban J connectivity index is 1.65. The van der Waals surface area contributed by atoms with E-state index in [-0.39, 0.29) is 11.7 Å². The summed E-state index contributed by atoms with van der Waals surface area (Å²) < 4.78 is 18.6. The number of hydrogen-bond donors (Lipinski definition) is 1. The maximum absolute atomic E-state index is 13.0. The van der Waals surface area contributed by atoms with Gasteiger partial charge in [0.25, 0.3) is 5.91 Å². The maximum atomic E-state index is 13.0. The second-order valence-electron chi connectivity index (χ2n) is 5.37. The van der Waals surface area contributed by atoms with E-state index in [1.165, 1.54) is 23.5 Å². The molecule has 0 radical (unpaired) electrons. The first-order valence-corrected chi connectivity index (χ1v) is 9.20. The molecule has 4 nitrogen and oxygen atoms in total. The molecule has 8 heteroatoms. The van der Waals surface area contributed by atoms with E-state index in [0.717, 1.165) is 5.56 Å². The van der Waals surface area contributed by atoms with Crippen LogP contribution in [-0.4, -0.2) is 17.0 Å². The van der Waals surface area contributed by atoms with Crippen molar-refractivity contribution in [1.29, 1.82) is 0 Å². The molecule has 134 valence electrons. The molecule has 2 aromatic carbocycles. The Hall–Kier alpha value is -2.15. The van der Waals surface area contributed by atoms with E-state index in [1.807, 2.05) is 0 Å². The SMILES string of the molecule is CC(Oc1ccc(Cl)cc1Cl)C(=O)Nc1nc(-c2ccc(F)cc2)cs1. The van der Waals surface area contributed by atoms with Gasteiger partial charge in [-0.3, -0.25) is 10.1 Å². The molecule has 3 rings (SSSR count). The molecule has 0 fully saturated rings. The smallest absolute Gasteiger partial charge is 0.266 e. The normalized spacial score (nSPS) is 11.8. The van der Waals surface area contributed by atoms with Crippen LogP contribution in [0.4, 0.5) is 9.52 Å². The first-order chi connectivity index (χ1) is 12.4. The fourth-order valence-corrected chi connectivity index (χ4v) is 3.28. The second-order valence-corrected chi connectivity index (χ2v) is 7.07. The second kappa shape index (κ2) is 8.03. The third-order valence-electron chi connectivity index (χ3n) is 3.44. The Bertz CT molecular complexity index is 931. The van der Waals surface area contributed by atoms with E-state index in [0.29, 0.717) is 26.6 Å². The molecule has 0 aliphatic rings. The summed E-state index contributed by atoms with van der Waals surface area (Å²) in [5.41, 5.74) is 1.42. The van der Waals surface area contributed by atoms with Gasteiger partial charge in [-0.2, -0.15) is 0 Å². The zero-order valence-electron chi connectivity index (χ0n) is 13.5. The molecule has 1 heterocycles. The molecule has 1 N–H and O–H groups in total. The van der Waals surface area contributed by atoms with E-state index in [9.17, 15) is 9.18 Å². The van der Waals surface area contributed by atoms with Gasteiger partial charge in [-0.25, -0.2) is 9.37 Å². The highest BCUT2D eigenvalue weighted by atomic mass is 35.5. The van der Waals surface area contributed by atoms with Crippen molar-refractivity contribution in [1.82, 2.24) is 4.98 Å². The van der Waals surface area contributed by atoms with E-state index >= 15 is 0 Å². The van der Waals surface area contributed by atoms with Crippen molar-refractivity contribution >= 4 is 45.6 Å². The largest absolute Gasteiger partial charge is 0.479 e. The summed E-state index contributed by atoms with van der Waals surface area (Å²) in [6.45, 7) is 1.61. The van der Waals surface area contributed by atoms with Crippen LogP contribution in [-0.2, 0) is 4.79 Å². The molecule has 0 spiro atoms. The molecule has 0 saturated carbocycles. The van der Waals surface area contributed by atoms with Crippen molar-refractivity contribution in [2.45, 2.75) is 13.0 Å². The van der Waals surface area contributed by atoms with Gasteiger partial charge in [0.15, 0.2) is 11.2 Å². The van der Waals surface area contributed by atoms with Crippen molar-refractivity contribution in [3.8, 4) is 17.0 Å². The molecular formula is C18H13Cl2FN2O2S. The van der Waals surface area contributed by atoms with Crippen molar-refractivity contribution in [2.75, 3.05) is 5.32 Å². The fraction of sp³-hybridized carbons (Fsp3) is 0.111. The molecule has 26 heavy (non-hydrogen) atoms. The minimum atomic E-state index is -0.785. The van der Waals surface area contributed by atoms with Crippen LogP contribution < -0.4 is 10.1 Å². The molecule has 1 atom stereocenters. The van der Waals surface area contributed by atoms with Crippen LogP contribution in [0.2, 0.25) is 10.0 Å². The van der Waals surface area contributed by atoms with Crippen molar-refractivity contribution < 1.29 is 13.9 Å². The molecule has 1 aromatic heterocycles. The van der Waals surface area contributed by atoms with Gasteiger partial charge in [-0.1, -0.05) is 23.2 Å². The first-order valence-electron chi connectivity index (χ1n) is 7.56. The number of aromatic nitrogens is 1. The molecule has 0 saturated heterocycles. The highest BCUT2D eigenvalue weighted by Crippen LogP contribution is 2.29. The number of rotatable bonds is 5. The number of amides is 1. The van der Waals surface area contributed by atoms with Crippen LogP contribution in [0.1, 0.15) is 6.92 Å². The summed E-state index contributed by atoms with van der Waals surface area (Å²) in [6.07, 6.45) is -0.785. The number of halogens is 3. The number of benzene rings is 2. The topological polar surface area (TPSA) is 51.2 Å². The van der Waals surface area contributed by atoms with Crippen LogP contribution in [0.5, 0.6) is 5.75 Å². The Morgan fingerprint density at radius 2 is 1.96 bits per heavy atom. The number of ether oxygens (including phenoxy) is 1. The van der Waals surface area contributed by atoms with Gasteiger partial charge in [-0.15, -0.1) is 11.3 Å². The maximum Gasteiger partial charge on any atom is 0.266 e. The van der Waals surface area contributed by atoms with Crippen LogP contribution in [0.15, 0.2) is 47.8 Å². The van der Waals surface area contributed by atoms with Crippen LogP contribution >= 0.6 is 34.5 Å².